The first kappa shape index (κ1) is 15.2. The minimum atomic E-state index is -0.569. The third-order valence-electron chi connectivity index (χ3n) is 5.16. The molecule has 4 nitrogen and oxygen atoms in total. The van der Waals surface area contributed by atoms with Gasteiger partial charge >= 0.3 is 0 Å². The number of nitrogens with one attached hydrogen (secondary N) is 1. The molecule has 0 aromatic heterocycles. The predicted octanol–water partition coefficient (Wildman–Crippen LogP) is 2.18. The van der Waals surface area contributed by atoms with E-state index in [2.05, 4.69) is 11.6 Å². The fourth-order valence-electron chi connectivity index (χ4n) is 3.90. The molecule has 2 saturated carbocycles. The highest BCUT2D eigenvalue weighted by Gasteiger charge is 2.54. The van der Waals surface area contributed by atoms with E-state index in [1.165, 1.54) is 6.42 Å². The van der Waals surface area contributed by atoms with Crippen LogP contribution < -0.4 is 5.32 Å². The summed E-state index contributed by atoms with van der Waals surface area (Å²) >= 11 is 1.81. The molecule has 0 radical (unpaired) electrons. The molecule has 5 heteroatoms. The first-order chi connectivity index (χ1) is 10.2. The van der Waals surface area contributed by atoms with E-state index in [1.54, 1.807) is 11.8 Å². The van der Waals surface area contributed by atoms with Crippen molar-refractivity contribution < 1.29 is 9.59 Å². The van der Waals surface area contributed by atoms with Gasteiger partial charge in [0, 0.05) is 6.54 Å². The van der Waals surface area contributed by atoms with Gasteiger partial charge in [-0.2, -0.15) is 11.8 Å². The van der Waals surface area contributed by atoms with Crippen LogP contribution in [0.5, 0.6) is 0 Å². The lowest BCUT2D eigenvalue weighted by Crippen LogP contribution is -2.71. The number of nitrogens with zero attached hydrogens (tertiary/aromatic N) is 1. The molecule has 2 aliphatic carbocycles. The van der Waals surface area contributed by atoms with Crippen molar-refractivity contribution in [3.63, 3.8) is 0 Å². The Labute approximate surface area is 131 Å². The number of amides is 2. The van der Waals surface area contributed by atoms with Crippen LogP contribution in [0.3, 0.4) is 0 Å². The van der Waals surface area contributed by atoms with Crippen LogP contribution in [0, 0.1) is 5.92 Å². The van der Waals surface area contributed by atoms with E-state index in [0.717, 1.165) is 57.2 Å². The van der Waals surface area contributed by atoms with Crippen LogP contribution in [0.2, 0.25) is 0 Å². The highest BCUT2D eigenvalue weighted by molar-refractivity contribution is 7.98. The lowest BCUT2D eigenvalue weighted by Gasteiger charge is -2.48. The monoisotopic (exact) mass is 310 g/mol. The Bertz CT molecular complexity index is 417. The summed E-state index contributed by atoms with van der Waals surface area (Å²) in [7, 11) is 0. The molecule has 2 amide bonds. The van der Waals surface area contributed by atoms with Crippen molar-refractivity contribution >= 4 is 23.6 Å². The van der Waals surface area contributed by atoms with Crippen LogP contribution in [-0.2, 0) is 9.59 Å². The maximum atomic E-state index is 13.1. The van der Waals surface area contributed by atoms with Gasteiger partial charge in [0.1, 0.15) is 11.6 Å². The molecule has 118 valence electrons. The predicted molar refractivity (Wildman–Crippen MR) is 85.2 cm³/mol. The van der Waals surface area contributed by atoms with Gasteiger partial charge in [0.05, 0.1) is 0 Å². The molecule has 0 bridgehead atoms. The Morgan fingerprint density at radius 2 is 1.95 bits per heavy atom. The minimum Gasteiger partial charge on any atom is -0.340 e. The van der Waals surface area contributed by atoms with Gasteiger partial charge in [-0.15, -0.1) is 0 Å². The van der Waals surface area contributed by atoms with E-state index in [9.17, 15) is 9.59 Å². The van der Waals surface area contributed by atoms with Crippen LogP contribution in [0.1, 0.15) is 51.4 Å². The van der Waals surface area contributed by atoms with Crippen LogP contribution in [0.25, 0.3) is 0 Å². The van der Waals surface area contributed by atoms with Crippen LogP contribution in [-0.4, -0.2) is 46.8 Å². The fraction of sp³-hybridized carbons (Fsp3) is 0.875. The topological polar surface area (TPSA) is 49.4 Å². The minimum absolute atomic E-state index is 0.114. The van der Waals surface area contributed by atoms with Gasteiger partial charge in [-0.25, -0.2) is 0 Å². The molecule has 3 fully saturated rings. The fourth-order valence-corrected chi connectivity index (χ4v) is 4.32. The molecule has 1 N–H and O–H groups in total. The second-order valence-electron chi connectivity index (χ2n) is 6.76. The third-order valence-corrected chi connectivity index (χ3v) is 5.86. The van der Waals surface area contributed by atoms with Crippen LogP contribution in [0.4, 0.5) is 0 Å². The molecule has 21 heavy (non-hydrogen) atoms. The zero-order valence-corrected chi connectivity index (χ0v) is 13.7. The van der Waals surface area contributed by atoms with E-state index in [-0.39, 0.29) is 17.9 Å². The first-order valence-electron chi connectivity index (χ1n) is 8.30. The van der Waals surface area contributed by atoms with Gasteiger partial charge in [0.15, 0.2) is 0 Å². The zero-order valence-electron chi connectivity index (χ0n) is 12.9. The summed E-state index contributed by atoms with van der Waals surface area (Å²) in [6.45, 7) is 0.746. The highest BCUT2D eigenvalue weighted by Crippen LogP contribution is 2.41. The van der Waals surface area contributed by atoms with Crippen molar-refractivity contribution in [1.82, 2.24) is 10.2 Å². The molecule has 1 unspecified atom stereocenters. The summed E-state index contributed by atoms with van der Waals surface area (Å²) in [6.07, 6.45) is 10.2. The number of carbonyl (C=O) groups excluding carboxylic acids is 2. The molecule has 1 heterocycles. The van der Waals surface area contributed by atoms with Gasteiger partial charge < -0.3 is 10.2 Å². The Hall–Kier alpha value is -0.710. The average Bonchev–Trinajstić information content (AvgIpc) is 3.30. The zero-order chi connectivity index (χ0) is 14.9. The normalized spacial score (nSPS) is 28.8. The summed E-state index contributed by atoms with van der Waals surface area (Å²) in [5, 5.41) is 3.14. The number of hydrogen-bond acceptors (Lipinski definition) is 3. The first-order valence-corrected chi connectivity index (χ1v) is 9.69. The van der Waals surface area contributed by atoms with Crippen LogP contribution in [0.15, 0.2) is 0 Å². The maximum Gasteiger partial charge on any atom is 0.249 e. The number of hydrogen-bond donors (Lipinski definition) is 1. The lowest BCUT2D eigenvalue weighted by molar-refractivity contribution is -0.157. The van der Waals surface area contributed by atoms with E-state index >= 15 is 0 Å². The quantitative estimate of drug-likeness (QED) is 0.792. The molecule has 1 spiro atoms. The Balaban J connectivity index is 1.79. The molecule has 0 aromatic rings. The van der Waals surface area contributed by atoms with Gasteiger partial charge in [-0.3, -0.25) is 9.59 Å². The number of rotatable bonds is 5. The van der Waals surface area contributed by atoms with E-state index < -0.39 is 5.54 Å². The van der Waals surface area contributed by atoms with Gasteiger partial charge in [0.2, 0.25) is 11.8 Å². The lowest BCUT2D eigenvalue weighted by atomic mass is 9.78. The maximum absolute atomic E-state index is 13.1. The number of thioether (sulfide) groups is 1. The summed E-state index contributed by atoms with van der Waals surface area (Å²) in [6, 6.07) is -0.188. The molecular weight excluding hydrogens is 284 g/mol. The van der Waals surface area contributed by atoms with E-state index in [1.807, 2.05) is 4.90 Å². The van der Waals surface area contributed by atoms with Gasteiger partial charge in [0.25, 0.3) is 0 Å². The van der Waals surface area contributed by atoms with Crippen molar-refractivity contribution in [1.29, 1.82) is 0 Å². The Morgan fingerprint density at radius 3 is 2.57 bits per heavy atom. The smallest absolute Gasteiger partial charge is 0.249 e. The van der Waals surface area contributed by atoms with Gasteiger partial charge in [-0.05, 0) is 50.0 Å². The summed E-state index contributed by atoms with van der Waals surface area (Å²) in [4.78, 5) is 27.7. The van der Waals surface area contributed by atoms with Crippen molar-refractivity contribution in [2.75, 3.05) is 18.6 Å². The molecule has 0 aromatic carbocycles. The van der Waals surface area contributed by atoms with Gasteiger partial charge in [-0.1, -0.05) is 19.3 Å². The SMILES string of the molecule is CSCCCN1C(=O)C2(CCCCC2)NC(=O)C1C1CC1. The van der Waals surface area contributed by atoms with Crippen LogP contribution >= 0.6 is 11.8 Å². The average molecular weight is 310 g/mol. The van der Waals surface area contributed by atoms with Crippen molar-refractivity contribution in [3.05, 3.63) is 0 Å². The molecule has 1 aliphatic heterocycles. The summed E-state index contributed by atoms with van der Waals surface area (Å²) < 4.78 is 0. The molecule has 3 aliphatic rings. The standard InChI is InChI=1S/C16H26N2O2S/c1-21-11-5-10-18-13(12-6-7-12)14(19)17-16(15(18)20)8-3-2-4-9-16/h12-13H,2-11H2,1H3,(H,17,19). The van der Waals surface area contributed by atoms with E-state index in [4.69, 9.17) is 0 Å². The second kappa shape index (κ2) is 6.19. The largest absolute Gasteiger partial charge is 0.340 e. The summed E-state index contributed by atoms with van der Waals surface area (Å²) in [5.41, 5.74) is -0.569. The number of piperazine rings is 1. The number of carbonyl (C=O) groups is 2. The second-order valence-corrected chi connectivity index (χ2v) is 7.74. The molecule has 3 rings (SSSR count). The molecular formula is C16H26N2O2S. The molecule has 1 atom stereocenters. The Morgan fingerprint density at radius 1 is 1.24 bits per heavy atom. The highest BCUT2D eigenvalue weighted by atomic mass is 32.2. The van der Waals surface area contributed by atoms with Crippen molar-refractivity contribution in [2.24, 2.45) is 5.92 Å². The third kappa shape index (κ3) is 2.94. The molecule has 1 saturated heterocycles. The summed E-state index contributed by atoms with van der Waals surface area (Å²) in [5.74, 6) is 1.78. The van der Waals surface area contributed by atoms with Crippen molar-refractivity contribution in [3.8, 4) is 0 Å². The Kier molecular flexibility index (Phi) is 4.48. The van der Waals surface area contributed by atoms with E-state index in [0.29, 0.717) is 5.92 Å². The van der Waals surface area contributed by atoms with Crippen molar-refractivity contribution in [2.45, 2.75) is 62.9 Å².